The highest BCUT2D eigenvalue weighted by Crippen LogP contribution is 2.31. The van der Waals surface area contributed by atoms with Crippen molar-refractivity contribution in [3.63, 3.8) is 0 Å². The zero-order chi connectivity index (χ0) is 25.7. The Bertz CT molecular complexity index is 1160. The molecule has 0 amide bonds. The molecule has 34 heavy (non-hydrogen) atoms. The molecule has 0 spiro atoms. The van der Waals surface area contributed by atoms with E-state index in [0.717, 1.165) is 4.57 Å². The molecular formula is C19H29N5O9S. The molecule has 1 aliphatic rings. The van der Waals surface area contributed by atoms with E-state index >= 15 is 0 Å². The molecule has 0 saturated carbocycles. The maximum atomic E-state index is 13.0. The second-order valence-corrected chi connectivity index (χ2v) is 10.4. The number of ether oxygens (including phenoxy) is 3. The number of azide groups is 1. The lowest BCUT2D eigenvalue weighted by molar-refractivity contribution is -0.0508. The summed E-state index contributed by atoms with van der Waals surface area (Å²) in [5.74, 6) is -0.379. The molecule has 1 aromatic heterocycles. The summed E-state index contributed by atoms with van der Waals surface area (Å²) < 4.78 is 47.5. The molecule has 3 atom stereocenters. The zero-order valence-electron chi connectivity index (χ0n) is 19.7. The minimum absolute atomic E-state index is 0.00867. The molecule has 15 heteroatoms. The number of aromatic nitrogens is 2. The highest BCUT2D eigenvalue weighted by Gasteiger charge is 2.40. The minimum Gasteiger partial charge on any atom is -0.443 e. The van der Waals surface area contributed by atoms with Gasteiger partial charge in [0, 0.05) is 36.7 Å². The van der Waals surface area contributed by atoms with Gasteiger partial charge in [-0.3, -0.25) is 13.5 Å². The second kappa shape index (κ2) is 11.1. The molecule has 14 nitrogen and oxygen atoms in total. The molecule has 0 aromatic carbocycles. The number of nitrogens with zero attached hydrogens (tertiary/aromatic N) is 5. The smallest absolute Gasteiger partial charge is 0.425 e. The lowest BCUT2D eigenvalue weighted by Gasteiger charge is -2.21. The van der Waals surface area contributed by atoms with E-state index in [1.807, 2.05) is 0 Å². The summed E-state index contributed by atoms with van der Waals surface area (Å²) >= 11 is 0. The van der Waals surface area contributed by atoms with Gasteiger partial charge in [0.25, 0.3) is 15.7 Å². The van der Waals surface area contributed by atoms with Gasteiger partial charge in [0.1, 0.15) is 24.0 Å². The Morgan fingerprint density at radius 1 is 1.35 bits per heavy atom. The molecule has 0 aliphatic carbocycles. The van der Waals surface area contributed by atoms with Crippen LogP contribution in [0.1, 0.15) is 45.4 Å². The van der Waals surface area contributed by atoms with E-state index in [4.69, 9.17) is 23.9 Å². The molecule has 0 bridgehead atoms. The SMILES string of the molecule is COC[C@H]1O[C@@H](n2cc(C)c(=O)n(C(=O)OC(C)(C)C)c2=O)CC1OS(=O)(=O)CCCN=[N+]=[N-]. The first-order valence-corrected chi connectivity index (χ1v) is 12.0. The van der Waals surface area contributed by atoms with Crippen molar-refractivity contribution in [2.24, 2.45) is 5.11 Å². The Labute approximate surface area is 196 Å². The molecule has 0 N–H and O–H groups in total. The minimum atomic E-state index is -4.00. The Morgan fingerprint density at radius 3 is 2.62 bits per heavy atom. The van der Waals surface area contributed by atoms with Gasteiger partial charge in [0.2, 0.25) is 0 Å². The summed E-state index contributed by atoms with van der Waals surface area (Å²) in [6, 6.07) is 0. The standard InChI is InChI=1S/C19H29N5O9S/c1-12-10-23(17(26)24(16(12)25)18(27)32-19(2,3)4)15-9-13(14(31-15)11-30-5)33-34(28,29)8-6-7-21-22-20/h10,13-15H,6-9,11H2,1-5H3/t13?,14-,15-/m1/s1. The van der Waals surface area contributed by atoms with E-state index < -0.39 is 51.5 Å². The van der Waals surface area contributed by atoms with E-state index in [2.05, 4.69) is 10.0 Å². The Balaban J connectivity index is 2.34. The van der Waals surface area contributed by atoms with E-state index in [-0.39, 0.29) is 37.3 Å². The topological polar surface area (TPSA) is 181 Å². The first kappa shape index (κ1) is 27.5. The summed E-state index contributed by atoms with van der Waals surface area (Å²) in [5.41, 5.74) is 5.59. The normalized spacial score (nSPS) is 20.7. The van der Waals surface area contributed by atoms with Crippen LogP contribution in [0.2, 0.25) is 0 Å². The molecule has 1 aliphatic heterocycles. The number of hydrogen-bond donors (Lipinski definition) is 0. The van der Waals surface area contributed by atoms with Crippen LogP contribution in [0.5, 0.6) is 0 Å². The van der Waals surface area contributed by atoms with Crippen molar-refractivity contribution in [3.8, 4) is 0 Å². The van der Waals surface area contributed by atoms with Crippen molar-refractivity contribution in [3.05, 3.63) is 43.0 Å². The van der Waals surface area contributed by atoms with Crippen molar-refractivity contribution in [2.45, 2.75) is 64.6 Å². The fourth-order valence-electron chi connectivity index (χ4n) is 3.25. The number of methoxy groups -OCH3 is 1. The second-order valence-electron chi connectivity index (χ2n) is 8.65. The lowest BCUT2D eigenvalue weighted by Crippen LogP contribution is -2.47. The van der Waals surface area contributed by atoms with Crippen LogP contribution in [0.4, 0.5) is 4.79 Å². The van der Waals surface area contributed by atoms with Crippen LogP contribution in [-0.4, -0.2) is 67.5 Å². The molecular weight excluding hydrogens is 474 g/mol. The number of rotatable bonds is 9. The van der Waals surface area contributed by atoms with Gasteiger partial charge in [0.15, 0.2) is 0 Å². The van der Waals surface area contributed by atoms with Gasteiger partial charge in [-0.15, -0.1) is 0 Å². The predicted molar refractivity (Wildman–Crippen MR) is 119 cm³/mol. The molecule has 2 rings (SSSR count). The number of aryl methyl sites for hydroxylation is 1. The van der Waals surface area contributed by atoms with E-state index in [0.29, 0.717) is 4.57 Å². The van der Waals surface area contributed by atoms with Crippen molar-refractivity contribution in [1.29, 1.82) is 0 Å². The van der Waals surface area contributed by atoms with Crippen LogP contribution >= 0.6 is 0 Å². The average Bonchev–Trinajstić information content (AvgIpc) is 3.08. The van der Waals surface area contributed by atoms with Gasteiger partial charge in [-0.1, -0.05) is 5.11 Å². The van der Waals surface area contributed by atoms with E-state index in [9.17, 15) is 22.8 Å². The third-order valence-electron chi connectivity index (χ3n) is 4.67. The summed E-state index contributed by atoms with van der Waals surface area (Å²) in [6.45, 7) is 6.15. The lowest BCUT2D eigenvalue weighted by atomic mass is 10.2. The third kappa shape index (κ3) is 7.14. The third-order valence-corrected chi connectivity index (χ3v) is 6.00. The maximum absolute atomic E-state index is 13.0. The van der Waals surface area contributed by atoms with Crippen molar-refractivity contribution >= 4 is 16.2 Å². The van der Waals surface area contributed by atoms with Gasteiger partial charge in [-0.25, -0.2) is 9.59 Å². The van der Waals surface area contributed by atoms with Crippen LogP contribution in [0, 0.1) is 6.92 Å². The number of hydrogen-bond acceptors (Lipinski definition) is 10. The van der Waals surface area contributed by atoms with Gasteiger partial charge >= 0.3 is 11.8 Å². The molecule has 1 fully saturated rings. The van der Waals surface area contributed by atoms with Crippen LogP contribution in [0.15, 0.2) is 20.9 Å². The van der Waals surface area contributed by atoms with Crippen LogP contribution < -0.4 is 11.2 Å². The molecule has 0 radical (unpaired) electrons. The summed E-state index contributed by atoms with van der Waals surface area (Å²) in [6.07, 6.45) is -2.80. The first-order valence-electron chi connectivity index (χ1n) is 10.4. The summed E-state index contributed by atoms with van der Waals surface area (Å²) in [5, 5.41) is 3.28. The Hall–Kier alpha value is -2.71. The zero-order valence-corrected chi connectivity index (χ0v) is 20.5. The number of carbonyl (C=O) groups is 1. The van der Waals surface area contributed by atoms with Gasteiger partial charge in [-0.2, -0.15) is 13.0 Å². The van der Waals surface area contributed by atoms with Gasteiger partial charge in [0.05, 0.1) is 12.4 Å². The Kier molecular flexibility index (Phi) is 9.02. The van der Waals surface area contributed by atoms with Crippen LogP contribution in [-0.2, 0) is 28.5 Å². The van der Waals surface area contributed by atoms with E-state index in [1.54, 1.807) is 20.8 Å². The maximum Gasteiger partial charge on any atom is 0.425 e. The molecule has 1 saturated heterocycles. The number of carbonyl (C=O) groups excluding carboxylic acids is 1. The molecule has 1 unspecified atom stereocenters. The summed E-state index contributed by atoms with van der Waals surface area (Å²) in [7, 11) is -2.61. The first-order chi connectivity index (χ1) is 15.8. The fraction of sp³-hybridized carbons (Fsp3) is 0.737. The van der Waals surface area contributed by atoms with Crippen molar-refractivity contribution < 1.29 is 31.6 Å². The Morgan fingerprint density at radius 2 is 2.03 bits per heavy atom. The van der Waals surface area contributed by atoms with Crippen LogP contribution in [0.3, 0.4) is 0 Å². The monoisotopic (exact) mass is 503 g/mol. The van der Waals surface area contributed by atoms with Gasteiger partial charge < -0.3 is 14.2 Å². The highest BCUT2D eigenvalue weighted by molar-refractivity contribution is 7.86. The predicted octanol–water partition coefficient (Wildman–Crippen LogP) is 1.45. The van der Waals surface area contributed by atoms with Gasteiger partial charge in [-0.05, 0) is 39.6 Å². The summed E-state index contributed by atoms with van der Waals surface area (Å²) in [4.78, 5) is 40.6. The highest BCUT2D eigenvalue weighted by atomic mass is 32.2. The van der Waals surface area contributed by atoms with Crippen LogP contribution in [0.25, 0.3) is 10.4 Å². The molecule has 1 aromatic rings. The molecule has 2 heterocycles. The largest absolute Gasteiger partial charge is 0.443 e. The average molecular weight is 504 g/mol. The van der Waals surface area contributed by atoms with Crippen molar-refractivity contribution in [2.75, 3.05) is 26.0 Å². The van der Waals surface area contributed by atoms with Crippen molar-refractivity contribution in [1.82, 2.24) is 9.13 Å². The quantitative estimate of drug-likeness (QED) is 0.158. The van der Waals surface area contributed by atoms with E-state index in [1.165, 1.54) is 20.2 Å². The fourth-order valence-corrected chi connectivity index (χ4v) is 4.41. The molecule has 190 valence electrons.